The lowest BCUT2D eigenvalue weighted by Gasteiger charge is -2.35. The molecule has 0 radical (unpaired) electrons. The Labute approximate surface area is 171 Å². The average molecular weight is 387 g/mol. The van der Waals surface area contributed by atoms with Gasteiger partial charge in [0.05, 0.1) is 6.61 Å². The first-order chi connectivity index (χ1) is 14.3. The monoisotopic (exact) mass is 387 g/mol. The van der Waals surface area contributed by atoms with Crippen molar-refractivity contribution in [3.63, 3.8) is 0 Å². The molecule has 29 heavy (non-hydrogen) atoms. The Hall–Kier alpha value is -3.05. The van der Waals surface area contributed by atoms with Crippen molar-refractivity contribution in [2.45, 2.75) is 13.0 Å². The number of carbonyl (C=O) groups is 1. The number of nitrogens with zero attached hydrogens (tertiary/aromatic N) is 3. The predicted molar refractivity (Wildman–Crippen MR) is 113 cm³/mol. The summed E-state index contributed by atoms with van der Waals surface area (Å²) in [4.78, 5) is 17.3. The maximum atomic E-state index is 12.9. The molecule has 1 aromatic heterocycles. The summed E-state index contributed by atoms with van der Waals surface area (Å²) in [5.74, 6) is 1.16. The molecule has 0 N–H and O–H groups in total. The zero-order valence-electron chi connectivity index (χ0n) is 16.5. The molecule has 0 aliphatic carbocycles. The zero-order chi connectivity index (χ0) is 19.6. The first-order valence-electron chi connectivity index (χ1n) is 10.3. The number of benzene rings is 2. The lowest BCUT2D eigenvalue weighted by molar-refractivity contribution is 0.0628. The number of hydrogen-bond donors (Lipinski definition) is 0. The molecule has 0 saturated carbocycles. The average Bonchev–Trinajstić information content (AvgIpc) is 3.46. The number of fused-ring (bicyclic) bond motifs is 1. The molecular weight excluding hydrogens is 362 g/mol. The molecule has 0 unspecified atom stereocenters. The summed E-state index contributed by atoms with van der Waals surface area (Å²) in [6.45, 7) is 5.08. The Morgan fingerprint density at radius 3 is 2.45 bits per heavy atom. The van der Waals surface area contributed by atoms with Crippen LogP contribution in [0.2, 0.25) is 0 Å². The molecule has 148 valence electrons. The Bertz CT molecular complexity index is 987. The predicted octanol–water partition coefficient (Wildman–Crippen LogP) is 3.37. The molecule has 2 aromatic carbocycles. The van der Waals surface area contributed by atoms with E-state index in [-0.39, 0.29) is 5.91 Å². The van der Waals surface area contributed by atoms with Crippen molar-refractivity contribution in [1.82, 2.24) is 14.4 Å². The van der Waals surface area contributed by atoms with Gasteiger partial charge in [0.1, 0.15) is 5.75 Å². The van der Waals surface area contributed by atoms with E-state index in [9.17, 15) is 4.79 Å². The number of ether oxygens (including phenoxy) is 1. The minimum absolute atomic E-state index is 0.124. The van der Waals surface area contributed by atoms with Crippen LogP contribution in [0.25, 0.3) is 5.69 Å². The van der Waals surface area contributed by atoms with Crippen molar-refractivity contribution in [3.05, 3.63) is 83.7 Å². The van der Waals surface area contributed by atoms with Gasteiger partial charge >= 0.3 is 0 Å². The molecule has 5 nitrogen and oxygen atoms in total. The number of rotatable bonds is 4. The summed E-state index contributed by atoms with van der Waals surface area (Å²) >= 11 is 0. The van der Waals surface area contributed by atoms with Crippen molar-refractivity contribution in [2.75, 3.05) is 32.8 Å². The van der Waals surface area contributed by atoms with E-state index in [1.54, 1.807) is 0 Å². The van der Waals surface area contributed by atoms with E-state index in [0.29, 0.717) is 0 Å². The van der Waals surface area contributed by atoms with Crippen molar-refractivity contribution >= 4 is 5.91 Å². The van der Waals surface area contributed by atoms with Crippen LogP contribution in [0.15, 0.2) is 67.0 Å². The van der Waals surface area contributed by atoms with E-state index in [1.165, 1.54) is 11.1 Å². The van der Waals surface area contributed by atoms with Crippen LogP contribution in [0.3, 0.4) is 0 Å². The van der Waals surface area contributed by atoms with E-state index in [2.05, 4.69) is 23.1 Å². The Kier molecular flexibility index (Phi) is 4.82. The second-order valence-corrected chi connectivity index (χ2v) is 7.75. The summed E-state index contributed by atoms with van der Waals surface area (Å²) < 4.78 is 7.63. The minimum atomic E-state index is 0.124. The Balaban J connectivity index is 1.17. The molecule has 3 aromatic rings. The molecular formula is C24H25N3O2. The van der Waals surface area contributed by atoms with Gasteiger partial charge in [-0.05, 0) is 53.6 Å². The van der Waals surface area contributed by atoms with Gasteiger partial charge in [0.2, 0.25) is 0 Å². The van der Waals surface area contributed by atoms with Gasteiger partial charge in [-0.2, -0.15) is 0 Å². The topological polar surface area (TPSA) is 37.7 Å². The Morgan fingerprint density at radius 1 is 0.931 bits per heavy atom. The SMILES string of the molecule is O=C(c1ccc(-n2cccc2)cc1)N1CCN(Cc2ccc3c(c2)CCO3)CC1. The molecule has 2 aliphatic rings. The van der Waals surface area contributed by atoms with Crippen molar-refractivity contribution in [1.29, 1.82) is 0 Å². The van der Waals surface area contributed by atoms with Crippen LogP contribution in [0.1, 0.15) is 21.5 Å². The van der Waals surface area contributed by atoms with Gasteiger partial charge in [0.15, 0.2) is 0 Å². The number of amides is 1. The highest BCUT2D eigenvalue weighted by molar-refractivity contribution is 5.94. The minimum Gasteiger partial charge on any atom is -0.493 e. The number of piperazine rings is 1. The van der Waals surface area contributed by atoms with E-state index < -0.39 is 0 Å². The fourth-order valence-corrected chi connectivity index (χ4v) is 4.17. The standard InChI is InChI=1S/C24H25N3O2/c28-24(20-4-6-22(7-5-20)26-10-1-2-11-26)27-14-12-25(13-15-27)18-19-3-8-23-21(17-19)9-16-29-23/h1-8,10-11,17H,9,12-16,18H2. The molecule has 0 atom stereocenters. The normalized spacial score (nSPS) is 16.5. The lowest BCUT2D eigenvalue weighted by atomic mass is 10.1. The number of carbonyl (C=O) groups excluding carboxylic acids is 1. The maximum Gasteiger partial charge on any atom is 0.253 e. The third kappa shape index (κ3) is 3.78. The van der Waals surface area contributed by atoms with Gasteiger partial charge < -0.3 is 14.2 Å². The highest BCUT2D eigenvalue weighted by atomic mass is 16.5. The fraction of sp³-hybridized carbons (Fsp3) is 0.292. The largest absolute Gasteiger partial charge is 0.493 e. The molecule has 5 heteroatoms. The molecule has 2 aliphatic heterocycles. The van der Waals surface area contributed by atoms with Gasteiger partial charge in [-0.3, -0.25) is 9.69 Å². The smallest absolute Gasteiger partial charge is 0.253 e. The lowest BCUT2D eigenvalue weighted by Crippen LogP contribution is -2.48. The van der Waals surface area contributed by atoms with Crippen LogP contribution in [-0.4, -0.2) is 53.1 Å². The van der Waals surface area contributed by atoms with Crippen LogP contribution in [0.5, 0.6) is 5.75 Å². The first-order valence-corrected chi connectivity index (χ1v) is 10.3. The summed E-state index contributed by atoms with van der Waals surface area (Å²) in [6.07, 6.45) is 5.02. The zero-order valence-corrected chi connectivity index (χ0v) is 16.5. The third-order valence-electron chi connectivity index (χ3n) is 5.84. The van der Waals surface area contributed by atoms with Crippen LogP contribution in [0, 0.1) is 0 Å². The van der Waals surface area contributed by atoms with Gasteiger partial charge in [0.25, 0.3) is 5.91 Å². The summed E-state index contributed by atoms with van der Waals surface area (Å²) in [6, 6.07) is 18.4. The van der Waals surface area contributed by atoms with E-state index in [4.69, 9.17) is 4.74 Å². The highest BCUT2D eigenvalue weighted by Crippen LogP contribution is 2.26. The fourth-order valence-electron chi connectivity index (χ4n) is 4.17. The molecule has 0 spiro atoms. The summed E-state index contributed by atoms with van der Waals surface area (Å²) in [7, 11) is 0. The number of aromatic nitrogens is 1. The second-order valence-electron chi connectivity index (χ2n) is 7.75. The van der Waals surface area contributed by atoms with Crippen LogP contribution in [-0.2, 0) is 13.0 Å². The molecule has 1 saturated heterocycles. The second kappa shape index (κ2) is 7.76. The highest BCUT2D eigenvalue weighted by Gasteiger charge is 2.22. The summed E-state index contributed by atoms with van der Waals surface area (Å²) in [5.41, 5.74) is 4.47. The quantitative estimate of drug-likeness (QED) is 0.689. The summed E-state index contributed by atoms with van der Waals surface area (Å²) in [5, 5.41) is 0. The molecule has 5 rings (SSSR count). The van der Waals surface area contributed by atoms with Gasteiger partial charge in [0, 0.05) is 62.8 Å². The van der Waals surface area contributed by atoms with Crippen LogP contribution < -0.4 is 4.74 Å². The molecule has 1 fully saturated rings. The van der Waals surface area contributed by atoms with Crippen molar-refractivity contribution in [2.24, 2.45) is 0 Å². The van der Waals surface area contributed by atoms with Gasteiger partial charge in [-0.15, -0.1) is 0 Å². The van der Waals surface area contributed by atoms with Crippen LogP contribution >= 0.6 is 0 Å². The van der Waals surface area contributed by atoms with Gasteiger partial charge in [-0.1, -0.05) is 12.1 Å². The molecule has 3 heterocycles. The number of hydrogen-bond acceptors (Lipinski definition) is 3. The molecule has 1 amide bonds. The van der Waals surface area contributed by atoms with E-state index >= 15 is 0 Å². The van der Waals surface area contributed by atoms with E-state index in [1.807, 2.05) is 58.3 Å². The van der Waals surface area contributed by atoms with Crippen molar-refractivity contribution < 1.29 is 9.53 Å². The van der Waals surface area contributed by atoms with Gasteiger partial charge in [-0.25, -0.2) is 0 Å². The first kappa shape index (κ1) is 18.0. The molecule has 0 bridgehead atoms. The Morgan fingerprint density at radius 2 is 1.69 bits per heavy atom. The van der Waals surface area contributed by atoms with Crippen LogP contribution in [0.4, 0.5) is 0 Å². The van der Waals surface area contributed by atoms with E-state index in [0.717, 1.165) is 62.8 Å². The van der Waals surface area contributed by atoms with Crippen molar-refractivity contribution in [3.8, 4) is 11.4 Å². The maximum absolute atomic E-state index is 12.9. The third-order valence-corrected chi connectivity index (χ3v) is 5.84.